The Morgan fingerprint density at radius 3 is 2.74 bits per heavy atom. The first-order chi connectivity index (χ1) is 9.10. The van der Waals surface area contributed by atoms with Crippen LogP contribution >= 0.6 is 11.8 Å². The van der Waals surface area contributed by atoms with Gasteiger partial charge in [-0.2, -0.15) is 11.8 Å². The second kappa shape index (κ2) is 6.16. The molecule has 0 aromatic carbocycles. The number of fused-ring (bicyclic) bond motifs is 1. The van der Waals surface area contributed by atoms with Gasteiger partial charge < -0.3 is 9.80 Å². The van der Waals surface area contributed by atoms with Crippen molar-refractivity contribution in [3.05, 3.63) is 0 Å². The SMILES string of the molecule is CCC1C(=O)N2CCCC2C(=O)N1CCC(C)SC. The van der Waals surface area contributed by atoms with Crippen molar-refractivity contribution in [1.29, 1.82) is 0 Å². The molecule has 2 amide bonds. The lowest BCUT2D eigenvalue weighted by molar-refractivity contribution is -0.159. The molecule has 2 heterocycles. The van der Waals surface area contributed by atoms with E-state index in [4.69, 9.17) is 0 Å². The Kier molecular flexibility index (Phi) is 4.76. The van der Waals surface area contributed by atoms with Crippen LogP contribution in [0.15, 0.2) is 0 Å². The molecule has 0 bridgehead atoms. The largest absolute Gasteiger partial charge is 0.329 e. The minimum absolute atomic E-state index is 0.167. The van der Waals surface area contributed by atoms with E-state index in [1.54, 1.807) is 0 Å². The Hall–Kier alpha value is -0.710. The maximum absolute atomic E-state index is 12.5. The van der Waals surface area contributed by atoms with Crippen LogP contribution in [0.4, 0.5) is 0 Å². The molecule has 0 radical (unpaired) electrons. The maximum Gasteiger partial charge on any atom is 0.246 e. The zero-order valence-corrected chi connectivity index (χ0v) is 12.9. The van der Waals surface area contributed by atoms with Gasteiger partial charge in [0.2, 0.25) is 11.8 Å². The van der Waals surface area contributed by atoms with Crippen molar-refractivity contribution in [1.82, 2.24) is 9.80 Å². The van der Waals surface area contributed by atoms with E-state index in [-0.39, 0.29) is 23.9 Å². The third kappa shape index (κ3) is 2.76. The molecule has 3 unspecified atom stereocenters. The summed E-state index contributed by atoms with van der Waals surface area (Å²) in [7, 11) is 0. The van der Waals surface area contributed by atoms with E-state index in [0.717, 1.165) is 38.8 Å². The van der Waals surface area contributed by atoms with E-state index in [2.05, 4.69) is 13.2 Å². The van der Waals surface area contributed by atoms with Gasteiger partial charge >= 0.3 is 0 Å². The Bertz CT molecular complexity index is 361. The lowest BCUT2D eigenvalue weighted by Gasteiger charge is -2.42. The van der Waals surface area contributed by atoms with Crippen LogP contribution in [-0.4, -0.2) is 58.3 Å². The van der Waals surface area contributed by atoms with Gasteiger partial charge in [-0.15, -0.1) is 0 Å². The zero-order chi connectivity index (χ0) is 14.0. The van der Waals surface area contributed by atoms with Gasteiger partial charge in [0.05, 0.1) is 0 Å². The van der Waals surface area contributed by atoms with E-state index in [9.17, 15) is 9.59 Å². The third-order valence-electron chi connectivity index (χ3n) is 4.33. The van der Waals surface area contributed by atoms with Crippen LogP contribution < -0.4 is 0 Å². The summed E-state index contributed by atoms with van der Waals surface area (Å²) in [4.78, 5) is 28.6. The number of hydrogen-bond donors (Lipinski definition) is 0. The quantitative estimate of drug-likeness (QED) is 0.772. The van der Waals surface area contributed by atoms with Crippen LogP contribution in [-0.2, 0) is 9.59 Å². The Balaban J connectivity index is 2.10. The van der Waals surface area contributed by atoms with Crippen LogP contribution in [0, 0.1) is 0 Å². The minimum Gasteiger partial charge on any atom is -0.329 e. The van der Waals surface area contributed by atoms with E-state index in [0.29, 0.717) is 5.25 Å². The second-order valence-corrected chi connectivity index (χ2v) is 6.76. The molecule has 2 aliphatic rings. The molecule has 0 aromatic heterocycles. The van der Waals surface area contributed by atoms with Gasteiger partial charge in [0.15, 0.2) is 0 Å². The molecule has 3 atom stereocenters. The van der Waals surface area contributed by atoms with Crippen LogP contribution in [0.2, 0.25) is 0 Å². The molecular formula is C14H24N2O2S. The van der Waals surface area contributed by atoms with Crippen LogP contribution in [0.5, 0.6) is 0 Å². The van der Waals surface area contributed by atoms with Crippen molar-refractivity contribution >= 4 is 23.6 Å². The zero-order valence-electron chi connectivity index (χ0n) is 12.1. The Morgan fingerprint density at radius 2 is 2.11 bits per heavy atom. The minimum atomic E-state index is -0.226. The lowest BCUT2D eigenvalue weighted by atomic mass is 10.0. The van der Waals surface area contributed by atoms with Crippen molar-refractivity contribution in [3.8, 4) is 0 Å². The summed E-state index contributed by atoms with van der Waals surface area (Å²) < 4.78 is 0. The Labute approximate surface area is 119 Å². The standard InChI is InChI=1S/C14H24N2O2S/c1-4-11-13(17)15-8-5-6-12(15)14(18)16(11)9-7-10(2)19-3/h10-12H,4-9H2,1-3H3. The highest BCUT2D eigenvalue weighted by Crippen LogP contribution is 2.28. The van der Waals surface area contributed by atoms with Crippen LogP contribution in [0.1, 0.15) is 39.5 Å². The molecule has 108 valence electrons. The fourth-order valence-electron chi connectivity index (χ4n) is 3.06. The van der Waals surface area contributed by atoms with Crippen molar-refractivity contribution < 1.29 is 9.59 Å². The van der Waals surface area contributed by atoms with Crippen molar-refractivity contribution in [2.75, 3.05) is 19.3 Å². The third-order valence-corrected chi connectivity index (χ3v) is 5.37. The first-order valence-corrected chi connectivity index (χ1v) is 8.52. The number of amides is 2. The molecule has 5 heteroatoms. The molecule has 4 nitrogen and oxygen atoms in total. The molecule has 0 aromatic rings. The van der Waals surface area contributed by atoms with Crippen molar-refractivity contribution in [2.24, 2.45) is 0 Å². The smallest absolute Gasteiger partial charge is 0.246 e. The second-order valence-electron chi connectivity index (χ2n) is 5.48. The van der Waals surface area contributed by atoms with E-state index >= 15 is 0 Å². The van der Waals surface area contributed by atoms with Gasteiger partial charge in [-0.1, -0.05) is 13.8 Å². The van der Waals surface area contributed by atoms with E-state index in [1.165, 1.54) is 0 Å². The molecule has 19 heavy (non-hydrogen) atoms. The highest BCUT2D eigenvalue weighted by atomic mass is 32.2. The fraction of sp³-hybridized carbons (Fsp3) is 0.857. The number of carbonyl (C=O) groups excluding carboxylic acids is 2. The molecular weight excluding hydrogens is 260 g/mol. The van der Waals surface area contributed by atoms with Crippen LogP contribution in [0.3, 0.4) is 0 Å². The normalized spacial score (nSPS) is 28.8. The lowest BCUT2D eigenvalue weighted by Crippen LogP contribution is -2.62. The highest BCUT2D eigenvalue weighted by Gasteiger charge is 2.46. The van der Waals surface area contributed by atoms with Gasteiger partial charge in [-0.25, -0.2) is 0 Å². The average Bonchev–Trinajstić information content (AvgIpc) is 2.90. The van der Waals surface area contributed by atoms with Crippen LogP contribution in [0.25, 0.3) is 0 Å². The highest BCUT2D eigenvalue weighted by molar-refractivity contribution is 7.99. The summed E-state index contributed by atoms with van der Waals surface area (Å²) >= 11 is 1.81. The van der Waals surface area contributed by atoms with Gasteiger partial charge in [0.1, 0.15) is 12.1 Å². The molecule has 2 aliphatic heterocycles. The van der Waals surface area contributed by atoms with Crippen molar-refractivity contribution in [2.45, 2.75) is 56.9 Å². The summed E-state index contributed by atoms with van der Waals surface area (Å²) in [5.41, 5.74) is 0. The molecule has 2 saturated heterocycles. The van der Waals surface area contributed by atoms with Gasteiger partial charge in [0, 0.05) is 18.3 Å². The Morgan fingerprint density at radius 1 is 1.37 bits per heavy atom. The topological polar surface area (TPSA) is 40.6 Å². The predicted octanol–water partition coefficient (Wildman–Crippen LogP) is 1.74. The molecule has 2 rings (SSSR count). The summed E-state index contributed by atoms with van der Waals surface area (Å²) in [6, 6.07) is -0.393. The average molecular weight is 284 g/mol. The number of thioether (sulfide) groups is 1. The fourth-order valence-corrected chi connectivity index (χ4v) is 3.40. The number of carbonyl (C=O) groups is 2. The first-order valence-electron chi connectivity index (χ1n) is 7.23. The molecule has 0 spiro atoms. The van der Waals surface area contributed by atoms with Gasteiger partial charge in [-0.3, -0.25) is 9.59 Å². The van der Waals surface area contributed by atoms with Gasteiger partial charge in [0.25, 0.3) is 0 Å². The number of rotatable bonds is 5. The molecule has 2 fully saturated rings. The number of piperazine rings is 1. The summed E-state index contributed by atoms with van der Waals surface area (Å²) in [6.45, 7) is 5.65. The first kappa shape index (κ1) is 14.7. The van der Waals surface area contributed by atoms with Crippen molar-refractivity contribution in [3.63, 3.8) is 0 Å². The summed E-state index contributed by atoms with van der Waals surface area (Å²) in [5.74, 6) is 0.346. The van der Waals surface area contributed by atoms with E-state index < -0.39 is 0 Å². The maximum atomic E-state index is 12.5. The monoisotopic (exact) mass is 284 g/mol. The summed E-state index contributed by atoms with van der Waals surface area (Å²) in [5, 5.41) is 0.530. The van der Waals surface area contributed by atoms with E-state index in [1.807, 2.05) is 28.5 Å². The van der Waals surface area contributed by atoms with Gasteiger partial charge in [-0.05, 0) is 31.9 Å². The number of hydrogen-bond acceptors (Lipinski definition) is 3. The molecule has 0 N–H and O–H groups in total. The summed E-state index contributed by atoms with van der Waals surface area (Å²) in [6.07, 6.45) is 5.58. The number of nitrogens with zero attached hydrogens (tertiary/aromatic N) is 2. The molecule has 0 saturated carbocycles. The predicted molar refractivity (Wildman–Crippen MR) is 78.1 cm³/mol. The molecule has 0 aliphatic carbocycles.